The Kier molecular flexibility index (Phi) is 4.33. The zero-order valence-electron chi connectivity index (χ0n) is 10.5. The topological polar surface area (TPSA) is 44.5 Å². The molecule has 3 nitrogen and oxygen atoms in total. The molecule has 2 N–H and O–H groups in total. The van der Waals surface area contributed by atoms with Gasteiger partial charge in [0.1, 0.15) is 5.75 Å². The second-order valence-corrected chi connectivity index (χ2v) is 4.26. The van der Waals surface area contributed by atoms with Crippen LogP contribution in [0.1, 0.15) is 32.4 Å². The molecule has 1 aromatic rings. The number of benzene rings is 1. The Morgan fingerprint density at radius 2 is 1.94 bits per heavy atom. The van der Waals surface area contributed by atoms with E-state index in [4.69, 9.17) is 15.2 Å². The van der Waals surface area contributed by atoms with Crippen LogP contribution in [0.25, 0.3) is 0 Å². The van der Waals surface area contributed by atoms with Gasteiger partial charge in [-0.15, -0.1) is 0 Å². The molecule has 0 saturated carbocycles. The molecule has 0 amide bonds. The summed E-state index contributed by atoms with van der Waals surface area (Å²) in [6, 6.07) is 7.58. The highest BCUT2D eigenvalue weighted by molar-refractivity contribution is 5.37. The maximum absolute atomic E-state index is 6.23. The van der Waals surface area contributed by atoms with Gasteiger partial charge in [-0.25, -0.2) is 0 Å². The second-order valence-electron chi connectivity index (χ2n) is 4.26. The molecule has 0 bridgehead atoms. The lowest BCUT2D eigenvalue weighted by molar-refractivity contribution is -0.0302. The van der Waals surface area contributed by atoms with Crippen molar-refractivity contribution in [2.45, 2.75) is 32.4 Å². The third-order valence-electron chi connectivity index (χ3n) is 2.74. The van der Waals surface area contributed by atoms with Gasteiger partial charge in [-0.05, 0) is 26.8 Å². The van der Waals surface area contributed by atoms with E-state index >= 15 is 0 Å². The van der Waals surface area contributed by atoms with E-state index in [1.54, 1.807) is 7.11 Å². The fraction of sp³-hybridized carbons (Fsp3) is 0.538. The minimum Gasteiger partial charge on any atom is -0.496 e. The molecular formula is C13H21NO2. The number of methoxy groups -OCH3 is 1. The Labute approximate surface area is 97.6 Å². The molecule has 0 radical (unpaired) electrons. The summed E-state index contributed by atoms with van der Waals surface area (Å²) in [5.74, 6) is 0.808. The maximum atomic E-state index is 6.23. The molecule has 90 valence electrons. The lowest BCUT2D eigenvalue weighted by Crippen LogP contribution is -2.38. The summed E-state index contributed by atoms with van der Waals surface area (Å²) in [7, 11) is 1.65. The van der Waals surface area contributed by atoms with Crippen molar-refractivity contribution in [3.63, 3.8) is 0 Å². The SMILES string of the molecule is CCOC(C)(C)C(N)c1ccccc1OC. The first-order chi connectivity index (χ1) is 7.53. The monoisotopic (exact) mass is 223 g/mol. The van der Waals surface area contributed by atoms with Crippen molar-refractivity contribution in [1.82, 2.24) is 0 Å². The van der Waals surface area contributed by atoms with Crippen LogP contribution in [0.2, 0.25) is 0 Å². The van der Waals surface area contributed by atoms with E-state index in [9.17, 15) is 0 Å². The van der Waals surface area contributed by atoms with Crippen LogP contribution in [-0.4, -0.2) is 19.3 Å². The highest BCUT2D eigenvalue weighted by Crippen LogP contribution is 2.32. The van der Waals surface area contributed by atoms with Gasteiger partial charge in [-0.2, -0.15) is 0 Å². The predicted octanol–water partition coefficient (Wildman–Crippen LogP) is 2.51. The number of hydrogen-bond donors (Lipinski definition) is 1. The summed E-state index contributed by atoms with van der Waals surface area (Å²) >= 11 is 0. The smallest absolute Gasteiger partial charge is 0.123 e. The van der Waals surface area contributed by atoms with E-state index in [0.717, 1.165) is 11.3 Å². The van der Waals surface area contributed by atoms with Crippen LogP contribution in [0.15, 0.2) is 24.3 Å². The lowest BCUT2D eigenvalue weighted by atomic mass is 9.92. The lowest BCUT2D eigenvalue weighted by Gasteiger charge is -2.32. The van der Waals surface area contributed by atoms with Gasteiger partial charge in [0.2, 0.25) is 0 Å². The van der Waals surface area contributed by atoms with Gasteiger partial charge >= 0.3 is 0 Å². The van der Waals surface area contributed by atoms with Gasteiger partial charge in [0.25, 0.3) is 0 Å². The molecule has 16 heavy (non-hydrogen) atoms. The third-order valence-corrected chi connectivity index (χ3v) is 2.74. The second kappa shape index (κ2) is 5.32. The minimum absolute atomic E-state index is 0.205. The van der Waals surface area contributed by atoms with Crippen LogP contribution in [0, 0.1) is 0 Å². The van der Waals surface area contributed by atoms with Crippen LogP contribution in [0.4, 0.5) is 0 Å². The van der Waals surface area contributed by atoms with E-state index in [1.165, 1.54) is 0 Å². The first-order valence-electron chi connectivity index (χ1n) is 5.55. The molecule has 0 aliphatic rings. The van der Waals surface area contributed by atoms with Crippen molar-refractivity contribution >= 4 is 0 Å². The van der Waals surface area contributed by atoms with E-state index in [0.29, 0.717) is 6.61 Å². The Morgan fingerprint density at radius 3 is 2.50 bits per heavy atom. The molecule has 0 fully saturated rings. The van der Waals surface area contributed by atoms with Crippen molar-refractivity contribution in [2.24, 2.45) is 5.73 Å². The minimum atomic E-state index is -0.399. The van der Waals surface area contributed by atoms with Crippen LogP contribution < -0.4 is 10.5 Å². The molecule has 1 rings (SSSR count). The Hall–Kier alpha value is -1.06. The van der Waals surface area contributed by atoms with Gasteiger partial charge in [0.15, 0.2) is 0 Å². The molecule has 1 unspecified atom stereocenters. The van der Waals surface area contributed by atoms with Crippen LogP contribution >= 0.6 is 0 Å². The van der Waals surface area contributed by atoms with E-state index in [-0.39, 0.29) is 6.04 Å². The molecular weight excluding hydrogens is 202 g/mol. The molecule has 1 aromatic carbocycles. The van der Waals surface area contributed by atoms with Crippen molar-refractivity contribution in [3.05, 3.63) is 29.8 Å². The Morgan fingerprint density at radius 1 is 1.31 bits per heavy atom. The molecule has 1 atom stereocenters. The average molecular weight is 223 g/mol. The number of nitrogens with two attached hydrogens (primary N) is 1. The van der Waals surface area contributed by atoms with Gasteiger partial charge in [-0.3, -0.25) is 0 Å². The van der Waals surface area contributed by atoms with Crippen LogP contribution in [0.5, 0.6) is 5.75 Å². The summed E-state index contributed by atoms with van der Waals surface area (Å²) in [5.41, 5.74) is 6.81. The summed E-state index contributed by atoms with van der Waals surface area (Å²) in [4.78, 5) is 0. The zero-order chi connectivity index (χ0) is 12.2. The predicted molar refractivity (Wildman–Crippen MR) is 65.6 cm³/mol. The summed E-state index contributed by atoms with van der Waals surface area (Å²) in [6.07, 6.45) is 0. The highest BCUT2D eigenvalue weighted by atomic mass is 16.5. The number of hydrogen-bond acceptors (Lipinski definition) is 3. The van der Waals surface area contributed by atoms with Gasteiger partial charge in [0.05, 0.1) is 18.8 Å². The number of para-hydroxylation sites is 1. The Balaban J connectivity index is 2.99. The average Bonchev–Trinajstić information content (AvgIpc) is 2.28. The molecule has 0 saturated heterocycles. The summed E-state index contributed by atoms with van der Waals surface area (Å²) in [6.45, 7) is 6.60. The number of ether oxygens (including phenoxy) is 2. The molecule has 0 spiro atoms. The van der Waals surface area contributed by atoms with Crippen LogP contribution in [-0.2, 0) is 4.74 Å². The quantitative estimate of drug-likeness (QED) is 0.834. The maximum Gasteiger partial charge on any atom is 0.123 e. The van der Waals surface area contributed by atoms with E-state index in [2.05, 4.69) is 0 Å². The molecule has 0 aromatic heterocycles. The number of rotatable bonds is 5. The Bertz CT molecular complexity index is 336. The van der Waals surface area contributed by atoms with Gasteiger partial charge in [-0.1, -0.05) is 18.2 Å². The fourth-order valence-corrected chi connectivity index (χ4v) is 1.76. The normalized spacial score (nSPS) is 13.6. The first kappa shape index (κ1) is 13.0. The van der Waals surface area contributed by atoms with Crippen molar-refractivity contribution in [1.29, 1.82) is 0 Å². The van der Waals surface area contributed by atoms with Crippen molar-refractivity contribution < 1.29 is 9.47 Å². The molecule has 3 heteroatoms. The standard InChI is InChI=1S/C13H21NO2/c1-5-16-13(2,3)12(14)10-8-6-7-9-11(10)15-4/h6-9,12H,5,14H2,1-4H3. The zero-order valence-corrected chi connectivity index (χ0v) is 10.5. The van der Waals surface area contributed by atoms with Crippen molar-refractivity contribution in [3.8, 4) is 5.75 Å². The summed E-state index contributed by atoms with van der Waals surface area (Å²) < 4.78 is 11.0. The van der Waals surface area contributed by atoms with E-state index < -0.39 is 5.60 Å². The van der Waals surface area contributed by atoms with Crippen LogP contribution in [0.3, 0.4) is 0 Å². The summed E-state index contributed by atoms with van der Waals surface area (Å²) in [5, 5.41) is 0. The van der Waals surface area contributed by atoms with E-state index in [1.807, 2.05) is 45.0 Å². The first-order valence-corrected chi connectivity index (χ1v) is 5.55. The van der Waals surface area contributed by atoms with Gasteiger partial charge in [0, 0.05) is 12.2 Å². The largest absolute Gasteiger partial charge is 0.496 e. The molecule has 0 aliphatic heterocycles. The fourth-order valence-electron chi connectivity index (χ4n) is 1.76. The van der Waals surface area contributed by atoms with Gasteiger partial charge < -0.3 is 15.2 Å². The highest BCUT2D eigenvalue weighted by Gasteiger charge is 2.29. The van der Waals surface area contributed by atoms with Crippen molar-refractivity contribution in [2.75, 3.05) is 13.7 Å². The third kappa shape index (κ3) is 2.74. The molecule has 0 aliphatic carbocycles. The molecule has 0 heterocycles.